The molecule has 0 aromatic heterocycles. The number of rotatable bonds is 65. The van der Waals surface area contributed by atoms with Gasteiger partial charge in [-0.15, -0.1) is 0 Å². The third-order valence-electron chi connectivity index (χ3n) is 20.1. The maximum Gasteiger partial charge on any atom is 0.220 e. The first-order valence-electron chi connectivity index (χ1n) is 41.5. The van der Waals surface area contributed by atoms with E-state index in [-0.39, 0.29) is 18.9 Å². The van der Waals surface area contributed by atoms with Crippen LogP contribution in [0.2, 0.25) is 0 Å². The second kappa shape index (κ2) is 64.5. The topological polar surface area (TPSA) is 307 Å². The molecule has 3 aliphatic rings. The lowest BCUT2D eigenvalue weighted by atomic mass is 9.96. The fourth-order valence-electron chi connectivity index (χ4n) is 13.5. The molecule has 0 aromatic rings. The first-order valence-corrected chi connectivity index (χ1v) is 41.5. The number of unbranched alkanes of at least 4 members (excludes halogenated alkanes) is 35. The van der Waals surface area contributed by atoms with E-state index in [2.05, 4.69) is 104 Å². The van der Waals surface area contributed by atoms with Crippen molar-refractivity contribution in [2.45, 2.75) is 407 Å². The summed E-state index contributed by atoms with van der Waals surface area (Å²) in [6.07, 6.45) is 61.0. The molecule has 0 spiro atoms. The minimum absolute atomic E-state index is 0.225. The number of aliphatic hydroxyl groups excluding tert-OH is 11. The van der Waals surface area contributed by atoms with Crippen molar-refractivity contribution in [3.8, 4) is 0 Å². The minimum Gasteiger partial charge on any atom is -0.394 e. The Morgan fingerprint density at radius 2 is 0.663 bits per heavy atom. The number of nitrogens with one attached hydrogen (secondary N) is 1. The van der Waals surface area contributed by atoms with Crippen LogP contribution in [-0.4, -0.2) is 193 Å². The van der Waals surface area contributed by atoms with Crippen LogP contribution < -0.4 is 5.32 Å². The Morgan fingerprint density at radius 1 is 0.356 bits per heavy atom. The summed E-state index contributed by atoms with van der Waals surface area (Å²) in [5.41, 5.74) is 0. The summed E-state index contributed by atoms with van der Waals surface area (Å²) in [6, 6.07) is -0.989. The van der Waals surface area contributed by atoms with Crippen molar-refractivity contribution >= 4 is 5.91 Å². The second-order valence-corrected chi connectivity index (χ2v) is 29.2. The quantitative estimate of drug-likeness (QED) is 0.0199. The van der Waals surface area contributed by atoms with E-state index in [0.717, 1.165) is 116 Å². The van der Waals surface area contributed by atoms with Crippen molar-refractivity contribution in [2.24, 2.45) is 0 Å². The van der Waals surface area contributed by atoms with Gasteiger partial charge in [-0.3, -0.25) is 4.79 Å². The summed E-state index contributed by atoms with van der Waals surface area (Å²) < 4.78 is 34.5. The van der Waals surface area contributed by atoms with Crippen LogP contribution in [-0.2, 0) is 33.2 Å². The highest BCUT2D eigenvalue weighted by Gasteiger charge is 2.54. The van der Waals surface area contributed by atoms with Crippen LogP contribution in [0.5, 0.6) is 0 Å². The van der Waals surface area contributed by atoms with E-state index >= 15 is 0 Å². The Labute approximate surface area is 628 Å². The zero-order valence-electron chi connectivity index (χ0n) is 64.5. The van der Waals surface area contributed by atoms with Crippen LogP contribution >= 0.6 is 0 Å². The standard InChI is InChI=1S/C85H149NO18/c1-3-5-7-9-11-13-15-17-19-21-23-25-27-29-31-33-35-36-38-40-42-44-46-48-50-52-54-56-58-60-62-69(90)68(86-73(91)63-61-59-57-55-53-51-49-47-45-43-41-39-37-34-32-30-28-26-24-22-20-18-16-14-12-10-8-6-4-2)67-99-83-79(97)76(94)81(71(65-88)101-83)104-85-80(98)77(95)82(72(66-89)102-85)103-84-78(96)75(93)74(92)70(64-87)100-84/h6,8,12,14,18,20,24,26,30,32,37,39,43,45,60,62,68-72,74-85,87-90,92-98H,3-5,7,9-11,13,15-17,19,21-23,25,27-29,31,33-36,38,40-42,44,46-59,61,63-67H2,1-2H3,(H,86,91)/b8-6-,14-12-,20-18-,26-24-,32-30-,39-37-,45-43-,62-60+. The maximum absolute atomic E-state index is 13.5. The molecule has 0 radical (unpaired) electrons. The molecule has 12 N–H and O–H groups in total. The highest BCUT2D eigenvalue weighted by Crippen LogP contribution is 2.33. The normalized spacial score (nSPS) is 26.4. The lowest BCUT2D eigenvalue weighted by Gasteiger charge is -2.48. The van der Waals surface area contributed by atoms with Gasteiger partial charge in [0.05, 0.1) is 38.6 Å². The Balaban J connectivity index is 1.38. The third kappa shape index (κ3) is 43.8. The Morgan fingerprint density at radius 3 is 1.04 bits per heavy atom. The number of carbonyl (C=O) groups excluding carboxylic acids is 1. The number of hydrogen-bond donors (Lipinski definition) is 12. The minimum atomic E-state index is -1.98. The van der Waals surface area contributed by atoms with Gasteiger partial charge in [0.2, 0.25) is 5.91 Å². The van der Waals surface area contributed by atoms with Gasteiger partial charge in [0.25, 0.3) is 0 Å². The zero-order valence-corrected chi connectivity index (χ0v) is 64.5. The summed E-state index contributed by atoms with van der Waals surface area (Å²) in [5, 5.41) is 121. The second-order valence-electron chi connectivity index (χ2n) is 29.2. The zero-order chi connectivity index (χ0) is 75.3. The first-order chi connectivity index (χ1) is 50.8. The molecule has 3 heterocycles. The Bertz CT molecular complexity index is 2260. The molecule has 602 valence electrons. The molecule has 3 rings (SSSR count). The summed E-state index contributed by atoms with van der Waals surface area (Å²) in [7, 11) is 0. The number of carbonyl (C=O) groups is 1. The summed E-state index contributed by atoms with van der Waals surface area (Å²) in [4.78, 5) is 13.5. The molecular formula is C85H149NO18. The van der Waals surface area contributed by atoms with Gasteiger partial charge in [0.1, 0.15) is 73.2 Å². The fourth-order valence-corrected chi connectivity index (χ4v) is 13.5. The number of allylic oxidation sites excluding steroid dienone is 15. The average Bonchev–Trinajstić information content (AvgIpc) is 0.781. The van der Waals surface area contributed by atoms with Crippen molar-refractivity contribution in [3.05, 3.63) is 97.2 Å². The summed E-state index contributed by atoms with van der Waals surface area (Å²) in [5.74, 6) is -0.287. The number of amides is 1. The number of ether oxygens (including phenoxy) is 6. The van der Waals surface area contributed by atoms with Crippen LogP contribution in [0.25, 0.3) is 0 Å². The van der Waals surface area contributed by atoms with Crippen LogP contribution in [0.15, 0.2) is 97.2 Å². The van der Waals surface area contributed by atoms with Gasteiger partial charge in [0.15, 0.2) is 18.9 Å². The van der Waals surface area contributed by atoms with Crippen LogP contribution in [0.4, 0.5) is 0 Å². The molecule has 19 nitrogen and oxygen atoms in total. The molecule has 0 bridgehead atoms. The molecule has 17 unspecified atom stereocenters. The lowest BCUT2D eigenvalue weighted by Crippen LogP contribution is -2.66. The molecule has 17 atom stereocenters. The fraction of sp³-hybridized carbons (Fsp3) is 0.800. The van der Waals surface area contributed by atoms with Gasteiger partial charge in [-0.1, -0.05) is 317 Å². The number of hydrogen-bond acceptors (Lipinski definition) is 18. The van der Waals surface area contributed by atoms with E-state index < -0.39 is 124 Å². The summed E-state index contributed by atoms with van der Waals surface area (Å²) >= 11 is 0. The van der Waals surface area contributed by atoms with Gasteiger partial charge in [0, 0.05) is 6.42 Å². The van der Waals surface area contributed by atoms with E-state index in [9.17, 15) is 61.0 Å². The molecule has 0 saturated carbocycles. The third-order valence-corrected chi connectivity index (χ3v) is 20.1. The van der Waals surface area contributed by atoms with Crippen molar-refractivity contribution in [1.29, 1.82) is 0 Å². The smallest absolute Gasteiger partial charge is 0.220 e. The molecule has 19 heteroatoms. The van der Waals surface area contributed by atoms with Gasteiger partial charge >= 0.3 is 0 Å². The molecule has 1 amide bonds. The Kier molecular flexibility index (Phi) is 58.9. The van der Waals surface area contributed by atoms with E-state index in [4.69, 9.17) is 28.4 Å². The van der Waals surface area contributed by atoms with Gasteiger partial charge < -0.3 is 89.9 Å². The monoisotopic (exact) mass is 1470 g/mol. The SMILES string of the molecule is CC/C=C\C/C=C\C/C=C\C/C=C\C/C=C\C/C=C\C/C=C\CCCCCCCCCC(=O)NC(COC1OC(CO)C(OC2OC(CO)C(OC3OC(CO)C(O)C(O)C3O)C(O)C2O)C(O)C1O)C(O)/C=C/CCCCCCCCCCCCCCCCCCCCCCCCCCCCCC. The molecule has 3 fully saturated rings. The molecular weight excluding hydrogens is 1320 g/mol. The lowest BCUT2D eigenvalue weighted by molar-refractivity contribution is -0.379. The highest BCUT2D eigenvalue weighted by atomic mass is 16.8. The van der Waals surface area contributed by atoms with Gasteiger partial charge in [-0.05, 0) is 77.0 Å². The molecule has 3 aliphatic heterocycles. The van der Waals surface area contributed by atoms with E-state index in [1.165, 1.54) is 161 Å². The number of aliphatic hydroxyl groups is 11. The van der Waals surface area contributed by atoms with E-state index in [1.807, 2.05) is 6.08 Å². The van der Waals surface area contributed by atoms with Gasteiger partial charge in [-0.2, -0.15) is 0 Å². The van der Waals surface area contributed by atoms with Gasteiger partial charge in [-0.25, -0.2) is 0 Å². The van der Waals surface area contributed by atoms with Crippen molar-refractivity contribution < 1.29 is 89.4 Å². The summed E-state index contributed by atoms with van der Waals surface area (Å²) in [6.45, 7) is 1.64. The maximum atomic E-state index is 13.5. The van der Waals surface area contributed by atoms with Crippen LogP contribution in [0.1, 0.15) is 303 Å². The van der Waals surface area contributed by atoms with Crippen molar-refractivity contribution in [1.82, 2.24) is 5.32 Å². The van der Waals surface area contributed by atoms with Crippen molar-refractivity contribution in [2.75, 3.05) is 26.4 Å². The predicted molar refractivity (Wildman–Crippen MR) is 415 cm³/mol. The van der Waals surface area contributed by atoms with E-state index in [0.29, 0.717) is 6.42 Å². The Hall–Kier alpha value is -3.29. The predicted octanol–water partition coefficient (Wildman–Crippen LogP) is 14.3. The van der Waals surface area contributed by atoms with E-state index in [1.54, 1.807) is 6.08 Å². The highest BCUT2D eigenvalue weighted by molar-refractivity contribution is 5.76. The molecule has 0 aliphatic carbocycles. The first kappa shape index (κ1) is 94.9. The largest absolute Gasteiger partial charge is 0.394 e. The van der Waals surface area contributed by atoms with Crippen LogP contribution in [0, 0.1) is 0 Å². The average molecular weight is 1470 g/mol. The van der Waals surface area contributed by atoms with Crippen molar-refractivity contribution in [3.63, 3.8) is 0 Å². The molecule has 3 saturated heterocycles. The molecule has 104 heavy (non-hydrogen) atoms. The molecule has 0 aromatic carbocycles. The van der Waals surface area contributed by atoms with Crippen LogP contribution in [0.3, 0.4) is 0 Å².